The summed E-state index contributed by atoms with van der Waals surface area (Å²) in [6, 6.07) is 0. The van der Waals surface area contributed by atoms with Crippen LogP contribution in [0.15, 0.2) is 0 Å². The van der Waals surface area contributed by atoms with Crippen LogP contribution in [-0.4, -0.2) is 30.2 Å². The summed E-state index contributed by atoms with van der Waals surface area (Å²) in [5.41, 5.74) is 0. The largest absolute Gasteiger partial charge is 0.338 e. The molecule has 0 aliphatic carbocycles. The van der Waals surface area contributed by atoms with Gasteiger partial charge in [-0.25, -0.2) is 0 Å². The van der Waals surface area contributed by atoms with Crippen molar-refractivity contribution in [2.45, 2.75) is 20.8 Å². The van der Waals surface area contributed by atoms with Crippen LogP contribution >= 0.6 is 0 Å². The van der Waals surface area contributed by atoms with Gasteiger partial charge in [-0.1, -0.05) is 13.8 Å². The molecule has 0 aromatic rings. The summed E-state index contributed by atoms with van der Waals surface area (Å²) >= 11 is 0. The number of carbonyl (C=O) groups is 2. The summed E-state index contributed by atoms with van der Waals surface area (Å²) in [5.74, 6) is 0.000972. The van der Waals surface area contributed by atoms with Gasteiger partial charge < -0.3 is 4.90 Å². The van der Waals surface area contributed by atoms with Crippen LogP contribution in [-0.2, 0) is 9.59 Å². The molecule has 0 saturated heterocycles. The van der Waals surface area contributed by atoms with E-state index in [9.17, 15) is 9.59 Å². The number of amides is 1. The maximum absolute atomic E-state index is 11.2. The van der Waals surface area contributed by atoms with E-state index >= 15 is 0 Å². The minimum absolute atomic E-state index is 0.0141. The number of Topliss-reactive ketones (excluding diaryl/α,β-unsaturated/α-hetero) is 1. The first-order valence-electron chi connectivity index (χ1n) is 3.69. The Morgan fingerprint density at radius 2 is 1.82 bits per heavy atom. The van der Waals surface area contributed by atoms with Gasteiger partial charge in [-0.05, 0) is 6.92 Å². The Morgan fingerprint density at radius 3 is 2.09 bits per heavy atom. The van der Waals surface area contributed by atoms with Crippen molar-refractivity contribution in [3.63, 3.8) is 0 Å². The smallest absolute Gasteiger partial charge is 0.225 e. The molecule has 0 radical (unpaired) electrons. The Morgan fingerprint density at radius 1 is 1.36 bits per heavy atom. The van der Waals surface area contributed by atoms with E-state index in [0.717, 1.165) is 0 Å². The molecule has 0 aromatic carbocycles. The van der Waals surface area contributed by atoms with E-state index in [1.165, 1.54) is 11.8 Å². The van der Waals surface area contributed by atoms with Crippen LogP contribution in [0.5, 0.6) is 0 Å². The highest BCUT2D eigenvalue weighted by Gasteiger charge is 2.13. The Hall–Kier alpha value is -0.860. The third kappa shape index (κ3) is 3.75. The highest BCUT2D eigenvalue weighted by atomic mass is 16.2. The Kier molecular flexibility index (Phi) is 3.79. The predicted molar refractivity (Wildman–Crippen MR) is 43.2 cm³/mol. The summed E-state index contributed by atoms with van der Waals surface area (Å²) in [4.78, 5) is 23.2. The van der Waals surface area contributed by atoms with Crippen LogP contribution in [0.3, 0.4) is 0 Å². The average Bonchev–Trinajstić information content (AvgIpc) is 1.84. The molecule has 0 saturated carbocycles. The lowest BCUT2D eigenvalue weighted by molar-refractivity contribution is -0.136. The second-order valence-electron chi connectivity index (χ2n) is 3.05. The summed E-state index contributed by atoms with van der Waals surface area (Å²) in [6.45, 7) is 5.33. The van der Waals surface area contributed by atoms with Gasteiger partial charge in [-0.2, -0.15) is 0 Å². The summed E-state index contributed by atoms with van der Waals surface area (Å²) < 4.78 is 0. The summed E-state index contributed by atoms with van der Waals surface area (Å²) in [7, 11) is 1.64. The molecule has 3 nitrogen and oxygen atoms in total. The summed E-state index contributed by atoms with van der Waals surface area (Å²) in [5, 5.41) is 0. The maximum atomic E-state index is 11.2. The maximum Gasteiger partial charge on any atom is 0.225 e. The second-order valence-corrected chi connectivity index (χ2v) is 3.05. The van der Waals surface area contributed by atoms with E-state index in [4.69, 9.17) is 0 Å². The van der Waals surface area contributed by atoms with Crippen molar-refractivity contribution >= 4 is 11.7 Å². The van der Waals surface area contributed by atoms with Gasteiger partial charge in [0.1, 0.15) is 5.78 Å². The molecular formula is C8H15NO2. The van der Waals surface area contributed by atoms with E-state index in [0.29, 0.717) is 0 Å². The van der Waals surface area contributed by atoms with Gasteiger partial charge >= 0.3 is 0 Å². The minimum atomic E-state index is -0.0284. The number of nitrogens with zero attached hydrogens (tertiary/aromatic N) is 1. The fourth-order valence-electron chi connectivity index (χ4n) is 0.853. The van der Waals surface area contributed by atoms with Crippen molar-refractivity contribution in [3.05, 3.63) is 0 Å². The van der Waals surface area contributed by atoms with Gasteiger partial charge in [0.15, 0.2) is 0 Å². The molecule has 0 heterocycles. The molecule has 64 valence electrons. The molecule has 11 heavy (non-hydrogen) atoms. The molecule has 1 amide bonds. The lowest BCUT2D eigenvalue weighted by Gasteiger charge is -2.17. The first-order valence-corrected chi connectivity index (χ1v) is 3.69. The van der Waals surface area contributed by atoms with Gasteiger partial charge in [-0.3, -0.25) is 9.59 Å². The molecule has 0 atom stereocenters. The first-order chi connectivity index (χ1) is 4.95. The van der Waals surface area contributed by atoms with Crippen molar-refractivity contribution in [3.8, 4) is 0 Å². The molecule has 0 aliphatic rings. The van der Waals surface area contributed by atoms with Crippen LogP contribution in [0.1, 0.15) is 20.8 Å². The predicted octanol–water partition coefficient (Wildman–Crippen LogP) is 0.690. The molecular weight excluding hydrogens is 142 g/mol. The second kappa shape index (κ2) is 4.11. The van der Waals surface area contributed by atoms with Crippen LogP contribution in [0.25, 0.3) is 0 Å². The number of rotatable bonds is 3. The fourth-order valence-corrected chi connectivity index (χ4v) is 0.853. The average molecular weight is 157 g/mol. The van der Waals surface area contributed by atoms with Gasteiger partial charge in [0.2, 0.25) is 5.91 Å². The fraction of sp³-hybridized carbons (Fsp3) is 0.750. The molecule has 0 rings (SSSR count). The van der Waals surface area contributed by atoms with Crippen LogP contribution in [0.2, 0.25) is 0 Å². The van der Waals surface area contributed by atoms with Crippen molar-refractivity contribution in [1.29, 1.82) is 0 Å². The molecule has 0 aliphatic heterocycles. The standard InChI is InChI=1S/C8H15NO2/c1-6(2)8(11)9(4)5-7(3)10/h6H,5H2,1-4H3. The van der Waals surface area contributed by atoms with E-state index in [2.05, 4.69) is 0 Å². The van der Waals surface area contributed by atoms with Crippen molar-refractivity contribution in [2.24, 2.45) is 5.92 Å². The zero-order valence-corrected chi connectivity index (χ0v) is 7.55. The summed E-state index contributed by atoms with van der Waals surface area (Å²) in [6.07, 6.45) is 0. The molecule has 3 heteroatoms. The molecule has 0 bridgehead atoms. The van der Waals surface area contributed by atoms with Crippen molar-refractivity contribution in [1.82, 2.24) is 4.90 Å². The number of likely N-dealkylation sites (N-methyl/N-ethyl adjacent to an activating group) is 1. The van der Waals surface area contributed by atoms with Gasteiger partial charge in [0.25, 0.3) is 0 Å². The topological polar surface area (TPSA) is 37.4 Å². The highest BCUT2D eigenvalue weighted by molar-refractivity contribution is 5.85. The number of hydrogen-bond acceptors (Lipinski definition) is 2. The molecule has 0 N–H and O–H groups in total. The monoisotopic (exact) mass is 157 g/mol. The van der Waals surface area contributed by atoms with Crippen LogP contribution in [0, 0.1) is 5.92 Å². The molecule has 0 spiro atoms. The SMILES string of the molecule is CC(=O)CN(C)C(=O)C(C)C. The zero-order valence-electron chi connectivity index (χ0n) is 7.55. The van der Waals surface area contributed by atoms with Crippen LogP contribution < -0.4 is 0 Å². The van der Waals surface area contributed by atoms with E-state index in [-0.39, 0.29) is 24.2 Å². The minimum Gasteiger partial charge on any atom is -0.338 e. The molecule has 0 unspecified atom stereocenters. The third-order valence-corrected chi connectivity index (χ3v) is 1.33. The quantitative estimate of drug-likeness (QED) is 0.604. The molecule has 0 fully saturated rings. The zero-order chi connectivity index (χ0) is 9.02. The van der Waals surface area contributed by atoms with Gasteiger partial charge in [0, 0.05) is 13.0 Å². The lowest BCUT2D eigenvalue weighted by Crippen LogP contribution is -2.34. The normalized spacial score (nSPS) is 9.91. The van der Waals surface area contributed by atoms with Gasteiger partial charge in [-0.15, -0.1) is 0 Å². The van der Waals surface area contributed by atoms with E-state index in [1.807, 2.05) is 13.8 Å². The Balaban J connectivity index is 3.93. The number of carbonyl (C=O) groups excluding carboxylic acids is 2. The van der Waals surface area contributed by atoms with Crippen molar-refractivity contribution in [2.75, 3.05) is 13.6 Å². The van der Waals surface area contributed by atoms with Crippen molar-refractivity contribution < 1.29 is 9.59 Å². The van der Waals surface area contributed by atoms with E-state index < -0.39 is 0 Å². The Labute approximate surface area is 67.4 Å². The number of ketones is 1. The highest BCUT2D eigenvalue weighted by Crippen LogP contribution is 1.97. The van der Waals surface area contributed by atoms with Gasteiger partial charge in [0.05, 0.1) is 6.54 Å². The lowest BCUT2D eigenvalue weighted by atomic mass is 10.2. The molecule has 0 aromatic heterocycles. The Bertz CT molecular complexity index is 163. The van der Waals surface area contributed by atoms with E-state index in [1.54, 1.807) is 7.05 Å². The third-order valence-electron chi connectivity index (χ3n) is 1.33. The first kappa shape index (κ1) is 10.1. The number of hydrogen-bond donors (Lipinski definition) is 0. The van der Waals surface area contributed by atoms with Crippen LogP contribution in [0.4, 0.5) is 0 Å².